The molecule has 0 aromatic carbocycles. The minimum absolute atomic E-state index is 0.437. The molecule has 1 heterocycles. The van der Waals surface area contributed by atoms with E-state index in [1.165, 1.54) is 31.2 Å². The number of nitrogens with zero attached hydrogens (tertiary/aromatic N) is 2. The van der Waals surface area contributed by atoms with Gasteiger partial charge in [-0.05, 0) is 67.4 Å². The molecule has 2 N–H and O–H groups in total. The molecular formula is C17H31N3. The van der Waals surface area contributed by atoms with E-state index in [-0.39, 0.29) is 0 Å². The van der Waals surface area contributed by atoms with Gasteiger partial charge in [-0.2, -0.15) is 5.10 Å². The van der Waals surface area contributed by atoms with Crippen LogP contribution in [0.2, 0.25) is 0 Å². The summed E-state index contributed by atoms with van der Waals surface area (Å²) in [5, 5.41) is 4.27. The van der Waals surface area contributed by atoms with Crippen molar-refractivity contribution in [2.45, 2.75) is 52.9 Å². The van der Waals surface area contributed by atoms with E-state index < -0.39 is 0 Å². The van der Waals surface area contributed by atoms with E-state index in [4.69, 9.17) is 5.73 Å². The van der Waals surface area contributed by atoms with Crippen molar-refractivity contribution in [3.63, 3.8) is 0 Å². The molecule has 3 atom stereocenters. The van der Waals surface area contributed by atoms with Crippen LogP contribution in [0.3, 0.4) is 0 Å². The van der Waals surface area contributed by atoms with Crippen molar-refractivity contribution >= 4 is 0 Å². The second-order valence-electron chi connectivity index (χ2n) is 7.69. The van der Waals surface area contributed by atoms with E-state index >= 15 is 0 Å². The summed E-state index contributed by atoms with van der Waals surface area (Å²) in [7, 11) is 1.99. The molecule has 20 heavy (non-hydrogen) atoms. The second-order valence-corrected chi connectivity index (χ2v) is 7.69. The van der Waals surface area contributed by atoms with Crippen molar-refractivity contribution in [3.8, 4) is 0 Å². The zero-order valence-electron chi connectivity index (χ0n) is 13.6. The van der Waals surface area contributed by atoms with Crippen LogP contribution < -0.4 is 5.73 Å². The summed E-state index contributed by atoms with van der Waals surface area (Å²) in [4.78, 5) is 0. The van der Waals surface area contributed by atoms with Crippen LogP contribution in [0.1, 0.15) is 52.0 Å². The van der Waals surface area contributed by atoms with E-state index in [0.29, 0.717) is 5.41 Å². The van der Waals surface area contributed by atoms with Gasteiger partial charge in [-0.15, -0.1) is 0 Å². The predicted molar refractivity (Wildman–Crippen MR) is 84.4 cm³/mol. The summed E-state index contributed by atoms with van der Waals surface area (Å²) in [5.41, 5.74) is 7.80. The largest absolute Gasteiger partial charge is 0.330 e. The number of hydrogen-bond acceptors (Lipinski definition) is 2. The normalized spacial score (nSPS) is 27.8. The molecule has 0 bridgehead atoms. The van der Waals surface area contributed by atoms with Gasteiger partial charge < -0.3 is 5.73 Å². The maximum Gasteiger partial charge on any atom is 0.0521 e. The molecule has 0 spiro atoms. The molecule has 1 aliphatic carbocycles. The molecule has 114 valence electrons. The van der Waals surface area contributed by atoms with Gasteiger partial charge in [0.2, 0.25) is 0 Å². The van der Waals surface area contributed by atoms with Crippen LogP contribution in [0.4, 0.5) is 0 Å². The van der Waals surface area contributed by atoms with Crippen LogP contribution in [-0.2, 0) is 13.5 Å². The Morgan fingerprint density at radius 1 is 1.30 bits per heavy atom. The van der Waals surface area contributed by atoms with Gasteiger partial charge in [-0.25, -0.2) is 0 Å². The third-order valence-corrected chi connectivity index (χ3v) is 5.23. The van der Waals surface area contributed by atoms with Gasteiger partial charge in [0.15, 0.2) is 0 Å². The fourth-order valence-corrected chi connectivity index (χ4v) is 3.73. The predicted octanol–water partition coefficient (Wildman–Crippen LogP) is 3.39. The number of rotatable bonds is 4. The number of hydrogen-bond donors (Lipinski definition) is 1. The Hall–Kier alpha value is -0.830. The Labute approximate surface area is 123 Å². The highest BCUT2D eigenvalue weighted by molar-refractivity contribution is 5.04. The van der Waals surface area contributed by atoms with Crippen molar-refractivity contribution < 1.29 is 0 Å². The Balaban J connectivity index is 1.95. The third-order valence-electron chi connectivity index (χ3n) is 5.23. The summed E-state index contributed by atoms with van der Waals surface area (Å²) in [6.45, 7) is 8.02. The van der Waals surface area contributed by atoms with Gasteiger partial charge in [0.1, 0.15) is 0 Å². The molecule has 0 amide bonds. The molecule has 1 saturated carbocycles. The van der Waals surface area contributed by atoms with Gasteiger partial charge in [-0.1, -0.05) is 20.8 Å². The Bertz CT molecular complexity index is 416. The zero-order valence-corrected chi connectivity index (χ0v) is 13.6. The van der Waals surface area contributed by atoms with Crippen LogP contribution in [-0.4, -0.2) is 16.3 Å². The summed E-state index contributed by atoms with van der Waals surface area (Å²) in [5.74, 6) is 2.37. The minimum atomic E-state index is 0.437. The average molecular weight is 277 g/mol. The van der Waals surface area contributed by atoms with Gasteiger partial charge >= 0.3 is 0 Å². The minimum Gasteiger partial charge on any atom is -0.330 e. The summed E-state index contributed by atoms with van der Waals surface area (Å²) in [6, 6.07) is 0. The first kappa shape index (κ1) is 15.6. The molecule has 0 radical (unpaired) electrons. The van der Waals surface area contributed by atoms with Crippen LogP contribution in [0.15, 0.2) is 12.4 Å². The van der Waals surface area contributed by atoms with Crippen molar-refractivity contribution in [3.05, 3.63) is 18.0 Å². The van der Waals surface area contributed by atoms with Crippen LogP contribution >= 0.6 is 0 Å². The van der Waals surface area contributed by atoms with Crippen molar-refractivity contribution in [2.24, 2.45) is 36.0 Å². The van der Waals surface area contributed by atoms with E-state index in [2.05, 4.69) is 32.1 Å². The highest BCUT2D eigenvalue weighted by Crippen LogP contribution is 2.43. The molecule has 1 aromatic rings. The van der Waals surface area contributed by atoms with Crippen molar-refractivity contribution in [2.75, 3.05) is 6.54 Å². The molecular weight excluding hydrogens is 246 g/mol. The molecule has 1 aliphatic rings. The molecule has 3 nitrogen and oxygen atoms in total. The third kappa shape index (κ3) is 3.85. The Morgan fingerprint density at radius 3 is 2.60 bits per heavy atom. The SMILES string of the molecule is Cn1cc(CCC2CC(C(C)(C)C)CCC2CN)cn1. The van der Waals surface area contributed by atoms with Crippen LogP contribution in [0, 0.1) is 23.2 Å². The molecule has 3 unspecified atom stereocenters. The number of nitrogens with two attached hydrogens (primary N) is 1. The quantitative estimate of drug-likeness (QED) is 0.916. The van der Waals surface area contributed by atoms with Gasteiger partial charge in [0, 0.05) is 13.2 Å². The monoisotopic (exact) mass is 277 g/mol. The smallest absolute Gasteiger partial charge is 0.0521 e. The molecule has 1 fully saturated rings. The Kier molecular flexibility index (Phi) is 4.90. The number of aromatic nitrogens is 2. The molecule has 0 aliphatic heterocycles. The lowest BCUT2D eigenvalue weighted by Crippen LogP contribution is -2.35. The molecule has 1 aromatic heterocycles. The van der Waals surface area contributed by atoms with E-state index in [1.54, 1.807) is 0 Å². The highest BCUT2D eigenvalue weighted by atomic mass is 15.2. The van der Waals surface area contributed by atoms with E-state index in [9.17, 15) is 0 Å². The maximum absolute atomic E-state index is 6.00. The van der Waals surface area contributed by atoms with Gasteiger partial charge in [-0.3, -0.25) is 4.68 Å². The fraction of sp³-hybridized carbons (Fsp3) is 0.824. The Morgan fingerprint density at radius 2 is 2.05 bits per heavy atom. The van der Waals surface area contributed by atoms with Crippen molar-refractivity contribution in [1.82, 2.24) is 9.78 Å². The molecule has 2 rings (SSSR count). The second kappa shape index (κ2) is 6.30. The van der Waals surface area contributed by atoms with Crippen LogP contribution in [0.25, 0.3) is 0 Å². The summed E-state index contributed by atoms with van der Waals surface area (Å²) in [6.07, 6.45) is 10.6. The van der Waals surface area contributed by atoms with E-state index in [0.717, 1.165) is 30.7 Å². The average Bonchev–Trinajstić information content (AvgIpc) is 2.80. The first-order valence-electron chi connectivity index (χ1n) is 8.07. The first-order chi connectivity index (χ1) is 9.40. The lowest BCUT2D eigenvalue weighted by Gasteiger charge is -2.41. The lowest BCUT2D eigenvalue weighted by atomic mass is 9.64. The topological polar surface area (TPSA) is 43.8 Å². The zero-order chi connectivity index (χ0) is 14.8. The van der Waals surface area contributed by atoms with Crippen molar-refractivity contribution in [1.29, 1.82) is 0 Å². The molecule has 0 saturated heterocycles. The maximum atomic E-state index is 6.00. The lowest BCUT2D eigenvalue weighted by molar-refractivity contribution is 0.0966. The van der Waals surface area contributed by atoms with Gasteiger partial charge in [0.05, 0.1) is 6.20 Å². The fourth-order valence-electron chi connectivity index (χ4n) is 3.73. The standard InChI is InChI=1S/C17H31N3/c1-17(2,3)16-8-7-15(10-18)14(9-16)6-5-13-11-19-20(4)12-13/h11-12,14-16H,5-10,18H2,1-4H3. The molecule has 3 heteroatoms. The van der Waals surface area contributed by atoms with Gasteiger partial charge in [0.25, 0.3) is 0 Å². The number of aryl methyl sites for hydroxylation is 2. The van der Waals surface area contributed by atoms with Crippen LogP contribution in [0.5, 0.6) is 0 Å². The summed E-state index contributed by atoms with van der Waals surface area (Å²) >= 11 is 0. The van der Waals surface area contributed by atoms with E-state index in [1.807, 2.05) is 17.9 Å². The highest BCUT2D eigenvalue weighted by Gasteiger charge is 2.34. The first-order valence-corrected chi connectivity index (χ1v) is 8.07. The summed E-state index contributed by atoms with van der Waals surface area (Å²) < 4.78 is 1.90.